The summed E-state index contributed by atoms with van der Waals surface area (Å²) in [5.74, 6) is -0.574. The molecule has 4 fully saturated rings. The average Bonchev–Trinajstić information content (AvgIpc) is 3.40. The van der Waals surface area contributed by atoms with Crippen LogP contribution in [-0.4, -0.2) is 58.5 Å². The summed E-state index contributed by atoms with van der Waals surface area (Å²) in [5, 5.41) is 8.56. The fourth-order valence-electron chi connectivity index (χ4n) is 4.97. The van der Waals surface area contributed by atoms with Crippen LogP contribution in [0.1, 0.15) is 57.8 Å². The molecule has 2 aliphatic carbocycles. The number of fused-ring (bicyclic) bond motifs is 1. The Hall–Kier alpha value is -1.00. The van der Waals surface area contributed by atoms with Crippen molar-refractivity contribution >= 4 is 41.4 Å². The van der Waals surface area contributed by atoms with Gasteiger partial charge in [0.05, 0.1) is 17.9 Å². The minimum Gasteiger partial charge on any atom is -0.449 e. The minimum absolute atomic E-state index is 0.00718. The fourth-order valence-corrected chi connectivity index (χ4v) is 7.81. The molecule has 7 atom stereocenters. The molecule has 2 saturated heterocycles. The standard InChI is InChI=1S/C21H32FN3O4S2/c22-14-6-2-1-5-12(14)11-29-21(28)25-17(26)13-9-10-30-19(13)24-18(27)20-23-15-7-3-4-8-16(15)31-20/h12-16,19-20,23H,1-11H2,(H,24,27)(H,25,26,28). The molecule has 0 bridgehead atoms. The fraction of sp³-hybridized carbons (Fsp3) is 0.857. The molecule has 4 aliphatic rings. The molecule has 31 heavy (non-hydrogen) atoms. The van der Waals surface area contributed by atoms with E-state index in [4.69, 9.17) is 4.74 Å². The molecule has 0 aromatic carbocycles. The SMILES string of the molecule is O=C(NC(=O)C1CCSC1NC(=O)C1NC2CCCCC2S1)OCC1CCCCC1F. The summed E-state index contributed by atoms with van der Waals surface area (Å²) >= 11 is 3.21. The Kier molecular flexibility index (Phi) is 8.03. The van der Waals surface area contributed by atoms with Gasteiger partial charge in [0.2, 0.25) is 11.8 Å². The first-order chi connectivity index (χ1) is 15.0. The van der Waals surface area contributed by atoms with E-state index in [-0.39, 0.29) is 29.2 Å². The predicted octanol–water partition coefficient (Wildman–Crippen LogP) is 2.94. The maximum atomic E-state index is 13.9. The van der Waals surface area contributed by atoms with Crippen LogP contribution in [0.2, 0.25) is 0 Å². The van der Waals surface area contributed by atoms with Gasteiger partial charge < -0.3 is 10.1 Å². The number of alkyl halides is 1. The van der Waals surface area contributed by atoms with Crippen molar-refractivity contribution in [3.63, 3.8) is 0 Å². The van der Waals surface area contributed by atoms with Crippen molar-refractivity contribution in [3.8, 4) is 0 Å². The highest BCUT2D eigenvalue weighted by atomic mass is 32.2. The number of rotatable bonds is 5. The summed E-state index contributed by atoms with van der Waals surface area (Å²) in [5.41, 5.74) is 0. The van der Waals surface area contributed by atoms with Gasteiger partial charge in [0.25, 0.3) is 0 Å². The zero-order valence-electron chi connectivity index (χ0n) is 17.6. The van der Waals surface area contributed by atoms with E-state index in [1.54, 1.807) is 11.8 Å². The molecule has 0 radical (unpaired) electrons. The van der Waals surface area contributed by atoms with Gasteiger partial charge in [-0.05, 0) is 37.9 Å². The minimum atomic E-state index is -0.950. The van der Waals surface area contributed by atoms with Gasteiger partial charge in [0.15, 0.2) is 0 Å². The molecule has 4 rings (SSSR count). The molecule has 3 N–H and O–H groups in total. The third kappa shape index (κ3) is 5.87. The molecule has 174 valence electrons. The molecule has 7 unspecified atom stereocenters. The van der Waals surface area contributed by atoms with Gasteiger partial charge >= 0.3 is 6.09 Å². The Balaban J connectivity index is 1.22. The number of hydrogen-bond acceptors (Lipinski definition) is 7. The van der Waals surface area contributed by atoms with Crippen LogP contribution in [-0.2, 0) is 14.3 Å². The molecular weight excluding hydrogens is 441 g/mol. The largest absolute Gasteiger partial charge is 0.449 e. The number of carbonyl (C=O) groups is 3. The molecule has 2 saturated carbocycles. The quantitative estimate of drug-likeness (QED) is 0.565. The summed E-state index contributed by atoms with van der Waals surface area (Å²) in [7, 11) is 0. The second-order valence-corrected chi connectivity index (χ2v) is 11.6. The number of amides is 3. The highest BCUT2D eigenvalue weighted by Crippen LogP contribution is 2.37. The first kappa shape index (κ1) is 23.2. The normalized spacial score (nSPS) is 37.6. The van der Waals surface area contributed by atoms with E-state index in [9.17, 15) is 18.8 Å². The summed E-state index contributed by atoms with van der Waals surface area (Å²) < 4.78 is 19.0. The van der Waals surface area contributed by atoms with Crippen LogP contribution in [0.5, 0.6) is 0 Å². The second kappa shape index (κ2) is 10.7. The topological polar surface area (TPSA) is 96.5 Å². The van der Waals surface area contributed by atoms with Crippen LogP contribution in [0, 0.1) is 11.8 Å². The van der Waals surface area contributed by atoms with Crippen LogP contribution >= 0.6 is 23.5 Å². The van der Waals surface area contributed by atoms with Crippen LogP contribution in [0.4, 0.5) is 9.18 Å². The average molecular weight is 474 g/mol. The Morgan fingerprint density at radius 3 is 2.58 bits per heavy atom. The van der Waals surface area contributed by atoms with Gasteiger partial charge in [-0.25, -0.2) is 9.18 Å². The second-order valence-electron chi connectivity index (χ2n) is 8.96. The number of thioether (sulfide) groups is 2. The molecule has 7 nitrogen and oxygen atoms in total. The lowest BCUT2D eigenvalue weighted by Gasteiger charge is -2.25. The molecule has 0 aromatic rings. The Morgan fingerprint density at radius 1 is 1.00 bits per heavy atom. The third-order valence-corrected chi connectivity index (χ3v) is 9.61. The lowest BCUT2D eigenvalue weighted by molar-refractivity contribution is -0.125. The molecule has 2 aliphatic heterocycles. The summed E-state index contributed by atoms with van der Waals surface area (Å²) in [6.07, 6.45) is 6.47. The number of nitrogens with one attached hydrogen (secondary N) is 3. The van der Waals surface area contributed by atoms with Gasteiger partial charge in [-0.3, -0.25) is 20.2 Å². The van der Waals surface area contributed by atoms with Gasteiger partial charge in [-0.1, -0.05) is 25.7 Å². The first-order valence-corrected chi connectivity index (χ1v) is 13.5. The van der Waals surface area contributed by atoms with Gasteiger partial charge in [-0.2, -0.15) is 0 Å². The van der Waals surface area contributed by atoms with Crippen LogP contribution in [0.3, 0.4) is 0 Å². The zero-order valence-corrected chi connectivity index (χ0v) is 19.3. The van der Waals surface area contributed by atoms with Crippen molar-refractivity contribution in [1.29, 1.82) is 0 Å². The van der Waals surface area contributed by atoms with E-state index in [2.05, 4.69) is 16.0 Å². The van der Waals surface area contributed by atoms with Gasteiger partial charge in [0, 0.05) is 17.2 Å². The van der Waals surface area contributed by atoms with E-state index in [1.807, 2.05) is 0 Å². The van der Waals surface area contributed by atoms with Crippen molar-refractivity contribution in [1.82, 2.24) is 16.0 Å². The molecule has 3 amide bonds. The Bertz CT molecular complexity index is 671. The summed E-state index contributed by atoms with van der Waals surface area (Å²) in [6.45, 7) is -0.00718. The highest BCUT2D eigenvalue weighted by Gasteiger charge is 2.42. The number of halogens is 1. The van der Waals surface area contributed by atoms with Crippen LogP contribution in [0.25, 0.3) is 0 Å². The smallest absolute Gasteiger partial charge is 0.413 e. The maximum absolute atomic E-state index is 13.9. The molecular formula is C21H32FN3O4S2. The lowest BCUT2D eigenvalue weighted by atomic mass is 9.88. The highest BCUT2D eigenvalue weighted by molar-refractivity contribution is 8.01. The number of ether oxygens (including phenoxy) is 1. The first-order valence-electron chi connectivity index (χ1n) is 11.5. The summed E-state index contributed by atoms with van der Waals surface area (Å²) in [6, 6.07) is 0.396. The van der Waals surface area contributed by atoms with Crippen molar-refractivity contribution in [2.75, 3.05) is 12.4 Å². The molecule has 0 aromatic heterocycles. The van der Waals surface area contributed by atoms with E-state index in [1.165, 1.54) is 24.6 Å². The predicted molar refractivity (Wildman–Crippen MR) is 119 cm³/mol. The number of carbonyl (C=O) groups excluding carboxylic acids is 3. The molecule has 10 heteroatoms. The Labute approximate surface area is 191 Å². The third-order valence-electron chi connectivity index (χ3n) is 6.80. The summed E-state index contributed by atoms with van der Waals surface area (Å²) in [4.78, 5) is 37.5. The molecule has 2 heterocycles. The van der Waals surface area contributed by atoms with Crippen molar-refractivity contribution < 1.29 is 23.5 Å². The number of alkyl carbamates (subject to hydrolysis) is 1. The van der Waals surface area contributed by atoms with Gasteiger partial charge in [0.1, 0.15) is 11.5 Å². The number of hydrogen-bond donors (Lipinski definition) is 3. The zero-order chi connectivity index (χ0) is 21.8. The molecule has 0 spiro atoms. The Morgan fingerprint density at radius 2 is 1.77 bits per heavy atom. The van der Waals surface area contributed by atoms with Crippen molar-refractivity contribution in [2.45, 2.75) is 86.0 Å². The lowest BCUT2D eigenvalue weighted by Crippen LogP contribution is -2.49. The van der Waals surface area contributed by atoms with E-state index in [0.717, 1.165) is 31.4 Å². The maximum Gasteiger partial charge on any atom is 0.413 e. The van der Waals surface area contributed by atoms with Crippen molar-refractivity contribution in [2.24, 2.45) is 11.8 Å². The van der Waals surface area contributed by atoms with Crippen LogP contribution in [0.15, 0.2) is 0 Å². The number of imide groups is 1. The monoisotopic (exact) mass is 473 g/mol. The van der Waals surface area contributed by atoms with E-state index in [0.29, 0.717) is 30.6 Å². The van der Waals surface area contributed by atoms with E-state index >= 15 is 0 Å². The van der Waals surface area contributed by atoms with Crippen LogP contribution < -0.4 is 16.0 Å². The van der Waals surface area contributed by atoms with Crippen molar-refractivity contribution in [3.05, 3.63) is 0 Å². The van der Waals surface area contributed by atoms with Gasteiger partial charge in [-0.15, -0.1) is 23.5 Å². The van der Waals surface area contributed by atoms with E-state index < -0.39 is 24.1 Å².